The van der Waals surface area contributed by atoms with E-state index in [0.29, 0.717) is 6.54 Å². The van der Waals surface area contributed by atoms with Crippen molar-refractivity contribution in [2.75, 3.05) is 26.2 Å². The molecule has 3 nitrogen and oxygen atoms in total. The fourth-order valence-corrected chi connectivity index (χ4v) is 3.34. The first-order chi connectivity index (χ1) is 9.65. The van der Waals surface area contributed by atoms with Gasteiger partial charge in [-0.05, 0) is 37.8 Å². The Hall–Kier alpha value is -1.35. The van der Waals surface area contributed by atoms with Crippen molar-refractivity contribution >= 4 is 5.78 Å². The van der Waals surface area contributed by atoms with Gasteiger partial charge in [0.1, 0.15) is 6.54 Å². The van der Waals surface area contributed by atoms with Gasteiger partial charge in [0.2, 0.25) is 5.78 Å². The first kappa shape index (κ1) is 15.0. The Bertz CT molecular complexity index is 434. The van der Waals surface area contributed by atoms with Crippen molar-refractivity contribution in [2.24, 2.45) is 5.73 Å². The van der Waals surface area contributed by atoms with Crippen LogP contribution < -0.4 is 5.73 Å². The van der Waals surface area contributed by atoms with Crippen LogP contribution in [0.5, 0.6) is 0 Å². The van der Waals surface area contributed by atoms with Crippen molar-refractivity contribution in [1.29, 1.82) is 0 Å². The highest BCUT2D eigenvalue weighted by Crippen LogP contribution is 2.21. The minimum absolute atomic E-state index is 0.266. The summed E-state index contributed by atoms with van der Waals surface area (Å²) in [5, 5.41) is 0. The fourth-order valence-electron chi connectivity index (χ4n) is 3.34. The molecule has 2 rings (SSSR count). The van der Waals surface area contributed by atoms with Gasteiger partial charge in [-0.2, -0.15) is 0 Å². The zero-order chi connectivity index (χ0) is 14.4. The zero-order valence-electron chi connectivity index (χ0n) is 12.6. The van der Waals surface area contributed by atoms with Gasteiger partial charge >= 0.3 is 0 Å². The molecule has 1 heterocycles. The number of carbonyl (C=O) groups is 1. The predicted molar refractivity (Wildman–Crippen MR) is 83.0 cm³/mol. The number of likely N-dealkylation sites (tertiary alicyclic amines) is 1. The molecule has 1 saturated heterocycles. The molecule has 110 valence electrons. The Balaban J connectivity index is 2.08. The lowest BCUT2D eigenvalue weighted by Gasteiger charge is -2.41. The lowest BCUT2D eigenvalue weighted by atomic mass is 10.0. The van der Waals surface area contributed by atoms with Crippen LogP contribution in [0.3, 0.4) is 0 Å². The highest BCUT2D eigenvalue weighted by atomic mass is 16.1. The molecule has 1 fully saturated rings. The molecule has 0 bridgehead atoms. The second-order valence-electron chi connectivity index (χ2n) is 6.12. The topological polar surface area (TPSA) is 43.1 Å². The summed E-state index contributed by atoms with van der Waals surface area (Å²) < 4.78 is 0.986. The standard InChI is InChI=1S/C17H26N2O/c1-2-11-19(12-4-3-5-13-19)14-17(20)15-7-6-8-16(18)10-9-15/h6-7,9-10H,2-5,8,11-14H2,1H3,(H-,18,20)/p+1. The highest BCUT2D eigenvalue weighted by Gasteiger charge is 2.32. The van der Waals surface area contributed by atoms with Crippen LogP contribution in [0.15, 0.2) is 35.6 Å². The van der Waals surface area contributed by atoms with Crippen molar-refractivity contribution < 1.29 is 9.28 Å². The number of Topliss-reactive ketones (excluding diaryl/α,β-unsaturated/α-hetero) is 1. The average Bonchev–Trinajstić information content (AvgIpc) is 2.65. The van der Waals surface area contributed by atoms with Gasteiger partial charge in [-0.15, -0.1) is 0 Å². The Kier molecular flexibility index (Phi) is 5.18. The van der Waals surface area contributed by atoms with Crippen LogP contribution in [0, 0.1) is 0 Å². The van der Waals surface area contributed by atoms with Gasteiger partial charge in [0.25, 0.3) is 0 Å². The molecule has 2 aliphatic rings. The second-order valence-corrected chi connectivity index (χ2v) is 6.12. The van der Waals surface area contributed by atoms with Gasteiger partial charge in [-0.25, -0.2) is 0 Å². The predicted octanol–water partition coefficient (Wildman–Crippen LogP) is 2.70. The summed E-state index contributed by atoms with van der Waals surface area (Å²) in [4.78, 5) is 12.6. The van der Waals surface area contributed by atoms with E-state index in [1.54, 1.807) is 0 Å². The maximum absolute atomic E-state index is 12.6. The van der Waals surface area contributed by atoms with Crippen molar-refractivity contribution in [2.45, 2.75) is 39.0 Å². The number of nitrogens with zero attached hydrogens (tertiary/aromatic N) is 1. The third-order valence-corrected chi connectivity index (χ3v) is 4.39. The van der Waals surface area contributed by atoms with E-state index in [1.807, 2.05) is 24.3 Å². The van der Waals surface area contributed by atoms with Crippen LogP contribution in [-0.4, -0.2) is 36.4 Å². The number of nitrogens with two attached hydrogens (primary N) is 1. The van der Waals surface area contributed by atoms with Crippen LogP contribution in [-0.2, 0) is 4.79 Å². The summed E-state index contributed by atoms with van der Waals surface area (Å²) in [5.74, 6) is 0.266. The Morgan fingerprint density at radius 2 is 2.00 bits per heavy atom. The van der Waals surface area contributed by atoms with Crippen LogP contribution in [0.4, 0.5) is 0 Å². The monoisotopic (exact) mass is 275 g/mol. The number of piperidine rings is 1. The number of ketones is 1. The van der Waals surface area contributed by atoms with E-state index in [4.69, 9.17) is 5.73 Å². The molecule has 0 aromatic rings. The molecule has 20 heavy (non-hydrogen) atoms. The molecule has 2 N–H and O–H groups in total. The van der Waals surface area contributed by atoms with E-state index in [2.05, 4.69) is 6.92 Å². The van der Waals surface area contributed by atoms with E-state index in [1.165, 1.54) is 19.3 Å². The fraction of sp³-hybridized carbons (Fsp3) is 0.588. The van der Waals surface area contributed by atoms with Crippen LogP contribution in [0.2, 0.25) is 0 Å². The third-order valence-electron chi connectivity index (χ3n) is 4.39. The molecule has 0 aromatic heterocycles. The Morgan fingerprint density at radius 1 is 1.25 bits per heavy atom. The molecule has 0 amide bonds. The van der Waals surface area contributed by atoms with Gasteiger partial charge in [0, 0.05) is 17.7 Å². The first-order valence-corrected chi connectivity index (χ1v) is 7.86. The van der Waals surface area contributed by atoms with Crippen molar-refractivity contribution in [3.05, 3.63) is 35.6 Å². The van der Waals surface area contributed by atoms with E-state index in [-0.39, 0.29) is 5.78 Å². The van der Waals surface area contributed by atoms with Gasteiger partial charge in [-0.3, -0.25) is 4.79 Å². The molecule has 0 radical (unpaired) electrons. The molecule has 0 saturated carbocycles. The molecule has 0 aromatic carbocycles. The van der Waals surface area contributed by atoms with Gasteiger partial charge < -0.3 is 10.2 Å². The lowest BCUT2D eigenvalue weighted by molar-refractivity contribution is -0.925. The van der Waals surface area contributed by atoms with Crippen LogP contribution in [0.25, 0.3) is 0 Å². The van der Waals surface area contributed by atoms with Crippen LogP contribution in [0.1, 0.15) is 39.0 Å². The molecule has 0 atom stereocenters. The molecule has 1 aliphatic carbocycles. The van der Waals surface area contributed by atoms with Crippen LogP contribution >= 0.6 is 0 Å². The van der Waals surface area contributed by atoms with Crippen molar-refractivity contribution in [3.63, 3.8) is 0 Å². The van der Waals surface area contributed by atoms with Gasteiger partial charge in [0.15, 0.2) is 0 Å². The maximum Gasteiger partial charge on any atom is 0.216 e. The number of rotatable bonds is 5. The number of carbonyl (C=O) groups excluding carboxylic acids is 1. The smallest absolute Gasteiger partial charge is 0.216 e. The molecule has 0 spiro atoms. The SMILES string of the molecule is CCC[N+]1(CC(=O)C2=CC=C(N)CC=C2)CCCCC1. The van der Waals surface area contributed by atoms with E-state index in [0.717, 1.165) is 48.2 Å². The highest BCUT2D eigenvalue weighted by molar-refractivity contribution is 5.99. The minimum Gasteiger partial charge on any atom is -0.402 e. The normalized spacial score (nSPS) is 21.9. The van der Waals surface area contributed by atoms with E-state index < -0.39 is 0 Å². The molecule has 0 unspecified atom stereocenters. The summed E-state index contributed by atoms with van der Waals surface area (Å²) in [6.45, 7) is 6.31. The second kappa shape index (κ2) is 6.89. The molecule has 1 aliphatic heterocycles. The molecular formula is C17H27N2O+. The molecule has 3 heteroatoms. The lowest BCUT2D eigenvalue weighted by Crippen LogP contribution is -2.54. The quantitative estimate of drug-likeness (QED) is 0.784. The van der Waals surface area contributed by atoms with Gasteiger partial charge in [0.05, 0.1) is 19.6 Å². The molecular weight excluding hydrogens is 248 g/mol. The first-order valence-electron chi connectivity index (χ1n) is 7.86. The summed E-state index contributed by atoms with van der Waals surface area (Å²) in [6.07, 6.45) is 13.4. The number of quaternary nitrogens is 1. The number of allylic oxidation sites excluding steroid dienone is 4. The average molecular weight is 275 g/mol. The summed E-state index contributed by atoms with van der Waals surface area (Å²) in [7, 11) is 0. The third kappa shape index (κ3) is 3.83. The maximum atomic E-state index is 12.6. The minimum atomic E-state index is 0.266. The van der Waals surface area contributed by atoms with E-state index >= 15 is 0 Å². The largest absolute Gasteiger partial charge is 0.402 e. The summed E-state index contributed by atoms with van der Waals surface area (Å²) in [5.41, 5.74) is 7.43. The van der Waals surface area contributed by atoms with Crippen molar-refractivity contribution in [3.8, 4) is 0 Å². The van der Waals surface area contributed by atoms with E-state index in [9.17, 15) is 4.79 Å². The Morgan fingerprint density at radius 3 is 2.70 bits per heavy atom. The number of hydrogen-bond acceptors (Lipinski definition) is 2. The Labute approximate surface area is 122 Å². The zero-order valence-corrected chi connectivity index (χ0v) is 12.6. The van der Waals surface area contributed by atoms with Crippen molar-refractivity contribution in [1.82, 2.24) is 0 Å². The summed E-state index contributed by atoms with van der Waals surface area (Å²) in [6, 6.07) is 0. The number of hydrogen-bond donors (Lipinski definition) is 1. The summed E-state index contributed by atoms with van der Waals surface area (Å²) >= 11 is 0. The van der Waals surface area contributed by atoms with Gasteiger partial charge in [-0.1, -0.05) is 19.1 Å².